The van der Waals surface area contributed by atoms with Crippen LogP contribution in [-0.2, 0) is 19.4 Å². The van der Waals surface area contributed by atoms with E-state index in [4.69, 9.17) is 4.74 Å². The molecule has 1 heterocycles. The molecule has 1 aliphatic heterocycles. The van der Waals surface area contributed by atoms with Gasteiger partial charge in [-0.25, -0.2) is 8.42 Å². The van der Waals surface area contributed by atoms with E-state index in [0.717, 1.165) is 0 Å². The van der Waals surface area contributed by atoms with Gasteiger partial charge in [-0.2, -0.15) is 0 Å². The first kappa shape index (κ1) is 14.4. The molecule has 1 atom stereocenters. The first-order chi connectivity index (χ1) is 7.60. The van der Waals surface area contributed by atoms with E-state index in [9.17, 15) is 13.2 Å². The third-order valence-electron chi connectivity index (χ3n) is 3.20. The lowest BCUT2D eigenvalue weighted by Crippen LogP contribution is -2.49. The van der Waals surface area contributed by atoms with E-state index in [2.05, 4.69) is 5.32 Å². The van der Waals surface area contributed by atoms with Crippen molar-refractivity contribution < 1.29 is 17.9 Å². The summed E-state index contributed by atoms with van der Waals surface area (Å²) in [7, 11) is -1.57. The van der Waals surface area contributed by atoms with Crippen molar-refractivity contribution in [2.24, 2.45) is 5.41 Å². The molecule has 0 radical (unpaired) electrons. The molecule has 100 valence electrons. The standard InChI is InChI=1S/C11H21NO4S/c1-10(2,9(13)16-4)7-12-11(3)5-6-17(14,15)8-11/h12H,5-8H2,1-4H3. The molecule has 5 nitrogen and oxygen atoms in total. The summed E-state index contributed by atoms with van der Waals surface area (Å²) < 4.78 is 27.6. The van der Waals surface area contributed by atoms with Crippen molar-refractivity contribution >= 4 is 15.8 Å². The van der Waals surface area contributed by atoms with Gasteiger partial charge in [0.15, 0.2) is 9.84 Å². The van der Waals surface area contributed by atoms with Gasteiger partial charge in [0, 0.05) is 12.1 Å². The predicted octanol–water partition coefficient (Wildman–Crippen LogP) is 0.352. The van der Waals surface area contributed by atoms with Gasteiger partial charge >= 0.3 is 5.97 Å². The van der Waals surface area contributed by atoms with Crippen LogP contribution in [0, 0.1) is 5.41 Å². The molecule has 0 aliphatic carbocycles. The number of sulfone groups is 1. The SMILES string of the molecule is COC(=O)C(C)(C)CNC1(C)CCS(=O)(=O)C1. The Kier molecular flexibility index (Phi) is 3.88. The molecule has 1 saturated heterocycles. The predicted molar refractivity (Wildman–Crippen MR) is 65.5 cm³/mol. The summed E-state index contributed by atoms with van der Waals surface area (Å²) in [4.78, 5) is 11.5. The summed E-state index contributed by atoms with van der Waals surface area (Å²) in [6, 6.07) is 0. The normalized spacial score (nSPS) is 28.0. The van der Waals surface area contributed by atoms with Crippen LogP contribution >= 0.6 is 0 Å². The van der Waals surface area contributed by atoms with E-state index in [1.807, 2.05) is 6.92 Å². The summed E-state index contributed by atoms with van der Waals surface area (Å²) in [6.45, 7) is 5.84. The van der Waals surface area contributed by atoms with Crippen LogP contribution < -0.4 is 5.32 Å². The first-order valence-corrected chi connectivity index (χ1v) is 7.46. The van der Waals surface area contributed by atoms with Gasteiger partial charge in [0.1, 0.15) is 0 Å². The highest BCUT2D eigenvalue weighted by Gasteiger charge is 2.40. The molecule has 1 rings (SSSR count). The molecular formula is C11H21NO4S. The van der Waals surface area contributed by atoms with Crippen LogP contribution in [0.25, 0.3) is 0 Å². The average Bonchev–Trinajstić information content (AvgIpc) is 2.50. The number of carbonyl (C=O) groups excluding carboxylic acids is 1. The second kappa shape index (κ2) is 4.57. The molecule has 0 bridgehead atoms. The topological polar surface area (TPSA) is 72.5 Å². The molecule has 0 saturated carbocycles. The van der Waals surface area contributed by atoms with Crippen molar-refractivity contribution in [3.63, 3.8) is 0 Å². The molecule has 0 aromatic rings. The Hall–Kier alpha value is -0.620. The van der Waals surface area contributed by atoms with Gasteiger partial charge < -0.3 is 10.1 Å². The van der Waals surface area contributed by atoms with E-state index in [0.29, 0.717) is 13.0 Å². The van der Waals surface area contributed by atoms with Gasteiger partial charge in [-0.05, 0) is 27.2 Å². The number of ether oxygens (including phenoxy) is 1. The molecule has 17 heavy (non-hydrogen) atoms. The Morgan fingerprint density at radius 1 is 1.47 bits per heavy atom. The first-order valence-electron chi connectivity index (χ1n) is 5.64. The monoisotopic (exact) mass is 263 g/mol. The molecule has 0 aromatic carbocycles. The Morgan fingerprint density at radius 3 is 2.47 bits per heavy atom. The van der Waals surface area contributed by atoms with Crippen LogP contribution in [0.5, 0.6) is 0 Å². The summed E-state index contributed by atoms with van der Waals surface area (Å²) in [5.41, 5.74) is -1.08. The summed E-state index contributed by atoms with van der Waals surface area (Å²) >= 11 is 0. The van der Waals surface area contributed by atoms with Crippen molar-refractivity contribution in [2.45, 2.75) is 32.7 Å². The van der Waals surface area contributed by atoms with E-state index in [1.54, 1.807) is 13.8 Å². The molecule has 1 unspecified atom stereocenters. The van der Waals surface area contributed by atoms with E-state index < -0.39 is 20.8 Å². The van der Waals surface area contributed by atoms with Gasteiger partial charge in [-0.1, -0.05) is 0 Å². The lowest BCUT2D eigenvalue weighted by Gasteiger charge is -2.30. The number of hydrogen-bond acceptors (Lipinski definition) is 5. The summed E-state index contributed by atoms with van der Waals surface area (Å²) in [5.74, 6) is 0.0568. The van der Waals surface area contributed by atoms with Crippen molar-refractivity contribution in [2.75, 3.05) is 25.2 Å². The fourth-order valence-corrected chi connectivity index (χ4v) is 4.06. The number of rotatable bonds is 4. The molecular weight excluding hydrogens is 242 g/mol. The van der Waals surface area contributed by atoms with Crippen molar-refractivity contribution in [3.8, 4) is 0 Å². The highest BCUT2D eigenvalue weighted by molar-refractivity contribution is 7.91. The number of methoxy groups -OCH3 is 1. The zero-order valence-electron chi connectivity index (χ0n) is 10.9. The zero-order valence-corrected chi connectivity index (χ0v) is 11.7. The van der Waals surface area contributed by atoms with E-state index in [1.165, 1.54) is 7.11 Å². The maximum Gasteiger partial charge on any atom is 0.312 e. The second-order valence-electron chi connectivity index (χ2n) is 5.63. The fraction of sp³-hybridized carbons (Fsp3) is 0.909. The lowest BCUT2D eigenvalue weighted by atomic mass is 9.91. The minimum atomic E-state index is -2.93. The van der Waals surface area contributed by atoms with Gasteiger partial charge in [-0.15, -0.1) is 0 Å². The molecule has 0 amide bonds. The van der Waals surface area contributed by atoms with Gasteiger partial charge in [0.25, 0.3) is 0 Å². The van der Waals surface area contributed by atoms with Crippen LogP contribution in [0.3, 0.4) is 0 Å². The Balaban J connectivity index is 2.60. The number of nitrogens with one attached hydrogen (secondary N) is 1. The third kappa shape index (κ3) is 3.67. The van der Waals surface area contributed by atoms with Gasteiger partial charge in [0.2, 0.25) is 0 Å². The van der Waals surface area contributed by atoms with Crippen LogP contribution in [-0.4, -0.2) is 45.1 Å². The summed E-state index contributed by atoms with van der Waals surface area (Å²) in [6.07, 6.45) is 0.590. The zero-order chi connectivity index (χ0) is 13.3. The molecule has 0 spiro atoms. The van der Waals surface area contributed by atoms with Crippen LogP contribution in [0.15, 0.2) is 0 Å². The van der Waals surface area contributed by atoms with Crippen molar-refractivity contribution in [1.29, 1.82) is 0 Å². The van der Waals surface area contributed by atoms with Gasteiger partial charge in [0.05, 0.1) is 24.0 Å². The minimum Gasteiger partial charge on any atom is -0.469 e. The largest absolute Gasteiger partial charge is 0.469 e. The van der Waals surface area contributed by atoms with E-state index in [-0.39, 0.29) is 17.5 Å². The van der Waals surface area contributed by atoms with Crippen molar-refractivity contribution in [3.05, 3.63) is 0 Å². The molecule has 1 N–H and O–H groups in total. The molecule has 0 aromatic heterocycles. The van der Waals surface area contributed by atoms with Crippen LogP contribution in [0.4, 0.5) is 0 Å². The highest BCUT2D eigenvalue weighted by atomic mass is 32.2. The number of esters is 1. The average molecular weight is 263 g/mol. The van der Waals surface area contributed by atoms with E-state index >= 15 is 0 Å². The number of hydrogen-bond donors (Lipinski definition) is 1. The molecule has 1 aliphatic rings. The maximum atomic E-state index is 11.5. The smallest absolute Gasteiger partial charge is 0.312 e. The highest BCUT2D eigenvalue weighted by Crippen LogP contribution is 2.25. The Bertz CT molecular complexity index is 402. The van der Waals surface area contributed by atoms with Gasteiger partial charge in [-0.3, -0.25) is 4.79 Å². The Labute approximate surface area is 103 Å². The lowest BCUT2D eigenvalue weighted by molar-refractivity contribution is -0.150. The fourth-order valence-electron chi connectivity index (χ4n) is 1.93. The Morgan fingerprint density at radius 2 is 2.06 bits per heavy atom. The van der Waals surface area contributed by atoms with Crippen LogP contribution in [0.1, 0.15) is 27.2 Å². The summed E-state index contributed by atoms with van der Waals surface area (Å²) in [5, 5.41) is 3.19. The third-order valence-corrected chi connectivity index (χ3v) is 5.10. The molecule has 1 fully saturated rings. The minimum absolute atomic E-state index is 0.136. The quantitative estimate of drug-likeness (QED) is 0.741. The van der Waals surface area contributed by atoms with Crippen molar-refractivity contribution in [1.82, 2.24) is 5.32 Å². The second-order valence-corrected chi connectivity index (χ2v) is 7.82. The number of carbonyl (C=O) groups is 1. The molecule has 6 heteroatoms. The van der Waals surface area contributed by atoms with Crippen LogP contribution in [0.2, 0.25) is 0 Å². The maximum absolute atomic E-state index is 11.5.